The third kappa shape index (κ3) is 39.8. The van der Waals surface area contributed by atoms with E-state index in [1.165, 1.54) is 141 Å². The molecule has 0 aromatic heterocycles. The quantitative estimate of drug-likeness (QED) is 0.0195. The normalized spacial score (nSPS) is 19.5. The smallest absolute Gasteiger partial charge is 0.305 e. The zero-order valence-electron chi connectivity index (χ0n) is 45.9. The van der Waals surface area contributed by atoms with Gasteiger partial charge in [-0.2, -0.15) is 0 Å². The highest BCUT2D eigenvalue weighted by Crippen LogP contribution is 2.23. The maximum atomic E-state index is 13.0. The van der Waals surface area contributed by atoms with Crippen LogP contribution in [0.15, 0.2) is 60.8 Å². The first-order valence-electron chi connectivity index (χ1n) is 29.6. The molecule has 0 spiro atoms. The molecule has 6 N–H and O–H groups in total. The minimum absolute atomic E-state index is 0.0640. The summed E-state index contributed by atoms with van der Waals surface area (Å²) in [6.45, 7) is 4.14. The molecular weight excluding hydrogens is 907 g/mol. The summed E-state index contributed by atoms with van der Waals surface area (Å²) in [5.74, 6) is -0.254. The van der Waals surface area contributed by atoms with Gasteiger partial charge >= 0.3 is 5.97 Å². The van der Waals surface area contributed by atoms with Crippen LogP contribution in [0.3, 0.4) is 0 Å². The Morgan fingerprint density at radius 1 is 0.514 bits per heavy atom. The van der Waals surface area contributed by atoms with Crippen molar-refractivity contribution in [1.82, 2.24) is 5.32 Å². The zero-order chi connectivity index (χ0) is 52.4. The molecule has 0 radical (unpaired) electrons. The maximum absolute atomic E-state index is 13.0. The van der Waals surface area contributed by atoms with E-state index in [2.05, 4.69) is 67.8 Å². The van der Waals surface area contributed by atoms with Gasteiger partial charge in [0.2, 0.25) is 5.91 Å². The molecular formula is C61H109NO10. The number of carbonyl (C=O) groups is 2. The van der Waals surface area contributed by atoms with Crippen molar-refractivity contribution in [3.63, 3.8) is 0 Å². The van der Waals surface area contributed by atoms with Crippen molar-refractivity contribution in [3.05, 3.63) is 60.8 Å². The van der Waals surface area contributed by atoms with Gasteiger partial charge in [-0.25, -0.2) is 0 Å². The molecule has 0 aliphatic carbocycles. The van der Waals surface area contributed by atoms with Crippen LogP contribution in [0.5, 0.6) is 0 Å². The predicted octanol–water partition coefficient (Wildman–Crippen LogP) is 13.4. The molecule has 1 saturated heterocycles. The van der Waals surface area contributed by atoms with Crippen LogP contribution in [-0.4, -0.2) is 100 Å². The SMILES string of the molecule is CCCC/C=C\C/C=C\CCCCCCCC(=O)OCC/C=C\C/C=C\CCCCCCCCCCCCCCCCC(=O)NC(COC1OC(CO)C(O)C(O)C1O)C(O)/C=C/CCCCCCCCC. The molecule has 7 unspecified atom stereocenters. The van der Waals surface area contributed by atoms with Gasteiger partial charge in [-0.3, -0.25) is 9.59 Å². The summed E-state index contributed by atoms with van der Waals surface area (Å²) < 4.78 is 16.6. The fraction of sp³-hybridized carbons (Fsp3) is 0.803. The molecule has 0 bridgehead atoms. The summed E-state index contributed by atoms with van der Waals surface area (Å²) in [6, 6.07) is -0.814. The number of hydrogen-bond donors (Lipinski definition) is 6. The van der Waals surface area contributed by atoms with Gasteiger partial charge in [0.05, 0.1) is 32.0 Å². The summed E-state index contributed by atoms with van der Waals surface area (Å²) in [7, 11) is 0. The first-order valence-corrected chi connectivity index (χ1v) is 29.6. The van der Waals surface area contributed by atoms with Crippen molar-refractivity contribution in [2.45, 2.75) is 294 Å². The molecule has 0 saturated carbocycles. The third-order valence-corrected chi connectivity index (χ3v) is 13.6. The number of nitrogens with one attached hydrogen (secondary N) is 1. The predicted molar refractivity (Wildman–Crippen MR) is 296 cm³/mol. The summed E-state index contributed by atoms with van der Waals surface area (Å²) in [5.41, 5.74) is 0. The van der Waals surface area contributed by atoms with E-state index in [0.717, 1.165) is 83.5 Å². The Balaban J connectivity index is 2.04. The van der Waals surface area contributed by atoms with Gasteiger partial charge in [-0.15, -0.1) is 0 Å². The number of allylic oxidation sites excluding steroid dienone is 8. The van der Waals surface area contributed by atoms with E-state index in [1.807, 2.05) is 6.08 Å². The van der Waals surface area contributed by atoms with Gasteiger partial charge in [0, 0.05) is 12.8 Å². The largest absolute Gasteiger partial charge is 0.465 e. The molecule has 72 heavy (non-hydrogen) atoms. The van der Waals surface area contributed by atoms with E-state index in [1.54, 1.807) is 6.08 Å². The average molecular weight is 1020 g/mol. The first kappa shape index (κ1) is 67.4. The summed E-state index contributed by atoms with van der Waals surface area (Å²) >= 11 is 0. The second kappa shape index (κ2) is 50.5. The first-order chi connectivity index (χ1) is 35.2. The molecule has 0 aromatic carbocycles. The van der Waals surface area contributed by atoms with Crippen LogP contribution >= 0.6 is 0 Å². The Labute approximate surface area is 439 Å². The number of aliphatic hydroxyl groups excluding tert-OH is 5. The Morgan fingerprint density at radius 2 is 0.944 bits per heavy atom. The minimum Gasteiger partial charge on any atom is -0.465 e. The highest BCUT2D eigenvalue weighted by atomic mass is 16.7. The number of amides is 1. The molecule has 1 amide bonds. The van der Waals surface area contributed by atoms with Gasteiger partial charge in [-0.1, -0.05) is 222 Å². The van der Waals surface area contributed by atoms with E-state index in [-0.39, 0.29) is 18.5 Å². The van der Waals surface area contributed by atoms with Crippen molar-refractivity contribution in [2.75, 3.05) is 19.8 Å². The van der Waals surface area contributed by atoms with Gasteiger partial charge < -0.3 is 45.1 Å². The number of unbranched alkanes of at least 4 members (excludes halogenated alkanes) is 28. The third-order valence-electron chi connectivity index (χ3n) is 13.6. The molecule has 1 aliphatic rings. The number of esters is 1. The van der Waals surface area contributed by atoms with Gasteiger partial charge in [0.15, 0.2) is 6.29 Å². The zero-order valence-corrected chi connectivity index (χ0v) is 45.9. The Hall–Kier alpha value is -2.64. The fourth-order valence-electron chi connectivity index (χ4n) is 8.88. The van der Waals surface area contributed by atoms with Crippen molar-refractivity contribution in [3.8, 4) is 0 Å². The van der Waals surface area contributed by atoms with Crippen LogP contribution < -0.4 is 5.32 Å². The van der Waals surface area contributed by atoms with Gasteiger partial charge in [-0.05, 0) is 77.0 Å². The van der Waals surface area contributed by atoms with Crippen molar-refractivity contribution >= 4 is 11.9 Å². The monoisotopic (exact) mass is 1020 g/mol. The van der Waals surface area contributed by atoms with Crippen LogP contribution in [0.2, 0.25) is 0 Å². The number of aliphatic hydroxyl groups is 5. The van der Waals surface area contributed by atoms with Gasteiger partial charge in [0.25, 0.3) is 0 Å². The summed E-state index contributed by atoms with van der Waals surface area (Å²) in [6.07, 6.45) is 54.8. The van der Waals surface area contributed by atoms with Crippen LogP contribution in [-0.2, 0) is 23.8 Å². The van der Waals surface area contributed by atoms with Crippen LogP contribution in [0, 0.1) is 0 Å². The number of carbonyl (C=O) groups excluding carboxylic acids is 2. The summed E-state index contributed by atoms with van der Waals surface area (Å²) in [4.78, 5) is 25.0. The Bertz CT molecular complexity index is 1380. The average Bonchev–Trinajstić information content (AvgIpc) is 3.38. The lowest BCUT2D eigenvalue weighted by Crippen LogP contribution is -2.60. The Kier molecular flexibility index (Phi) is 47.3. The molecule has 11 nitrogen and oxygen atoms in total. The topological polar surface area (TPSA) is 175 Å². The highest BCUT2D eigenvalue weighted by molar-refractivity contribution is 5.76. The van der Waals surface area contributed by atoms with Crippen LogP contribution in [0.4, 0.5) is 0 Å². The molecule has 0 aromatic rings. The number of hydrogen-bond acceptors (Lipinski definition) is 10. The fourth-order valence-corrected chi connectivity index (χ4v) is 8.88. The molecule has 1 heterocycles. The van der Waals surface area contributed by atoms with Crippen LogP contribution in [0.25, 0.3) is 0 Å². The molecule has 1 rings (SSSR count). The van der Waals surface area contributed by atoms with Crippen molar-refractivity contribution < 1.29 is 49.3 Å². The minimum atomic E-state index is -1.57. The lowest BCUT2D eigenvalue weighted by molar-refractivity contribution is -0.302. The van der Waals surface area contributed by atoms with Gasteiger partial charge in [0.1, 0.15) is 24.4 Å². The molecule has 7 atom stereocenters. The second-order valence-electron chi connectivity index (χ2n) is 20.3. The summed E-state index contributed by atoms with van der Waals surface area (Å²) in [5, 5.41) is 54.2. The molecule has 1 fully saturated rings. The van der Waals surface area contributed by atoms with Crippen molar-refractivity contribution in [1.29, 1.82) is 0 Å². The lowest BCUT2D eigenvalue weighted by atomic mass is 9.99. The van der Waals surface area contributed by atoms with E-state index < -0.39 is 49.5 Å². The maximum Gasteiger partial charge on any atom is 0.305 e. The van der Waals surface area contributed by atoms with E-state index in [4.69, 9.17) is 14.2 Å². The van der Waals surface area contributed by atoms with E-state index in [0.29, 0.717) is 19.4 Å². The van der Waals surface area contributed by atoms with E-state index >= 15 is 0 Å². The molecule has 418 valence electrons. The van der Waals surface area contributed by atoms with E-state index in [9.17, 15) is 35.1 Å². The molecule has 1 aliphatic heterocycles. The highest BCUT2D eigenvalue weighted by Gasteiger charge is 2.44. The molecule has 11 heteroatoms. The van der Waals surface area contributed by atoms with Crippen molar-refractivity contribution in [2.24, 2.45) is 0 Å². The van der Waals surface area contributed by atoms with Crippen LogP contribution in [0.1, 0.15) is 251 Å². The Morgan fingerprint density at radius 3 is 1.44 bits per heavy atom. The lowest BCUT2D eigenvalue weighted by Gasteiger charge is -2.40. The standard InChI is InChI=1S/C61H109NO10/c1-3-5-7-9-11-13-14-15-26-29-33-37-41-45-49-57(66)70-50-46-42-38-34-30-27-24-22-20-18-16-17-19-21-23-25-28-32-36-40-44-48-56(65)62-53(54(64)47-43-39-35-31-12-10-8-6-4-2)52-71-61-60(69)59(68)58(67)55(51-63)72-61/h9,11,14-15,27,30,38,42-43,47,53-55,58-61,63-64,67-69H,3-8,10,12-13,16-26,28-29,31-37,39-41,44-46,48-52H2,1-2H3,(H,62,65)/b11-9-,15-14-,30-27-,42-38-,47-43+. The number of rotatable bonds is 50. The number of ether oxygens (including phenoxy) is 3. The second-order valence-corrected chi connectivity index (χ2v) is 20.3.